The predicted octanol–water partition coefficient (Wildman–Crippen LogP) is 2.54. The van der Waals surface area contributed by atoms with Gasteiger partial charge in [-0.3, -0.25) is 4.79 Å². The Morgan fingerprint density at radius 2 is 2.24 bits per heavy atom. The Balaban J connectivity index is 1.79. The van der Waals surface area contributed by atoms with Gasteiger partial charge in [0.2, 0.25) is 0 Å². The standard InChI is InChI=1S/C17H22N2O2/c1-21-15-5-6-16-13(12-15)7-10-19(17(16)20)11-8-14-4-2-3-9-18-14/h5-7,10,12,14,18H,2-4,8-9,11H2,1H3. The molecule has 2 aromatic rings. The zero-order chi connectivity index (χ0) is 14.7. The van der Waals surface area contributed by atoms with E-state index in [-0.39, 0.29) is 5.56 Å². The molecule has 0 radical (unpaired) electrons. The zero-order valence-corrected chi connectivity index (χ0v) is 12.5. The second-order valence-electron chi connectivity index (χ2n) is 5.70. The van der Waals surface area contributed by atoms with Crippen molar-refractivity contribution >= 4 is 10.8 Å². The number of ether oxygens (including phenoxy) is 1. The fraction of sp³-hybridized carbons (Fsp3) is 0.471. The van der Waals surface area contributed by atoms with Crippen molar-refractivity contribution in [2.45, 2.75) is 38.3 Å². The smallest absolute Gasteiger partial charge is 0.258 e. The first-order chi connectivity index (χ1) is 10.3. The molecule has 0 spiro atoms. The third-order valence-electron chi connectivity index (χ3n) is 4.31. The van der Waals surface area contributed by atoms with E-state index < -0.39 is 0 Å². The van der Waals surface area contributed by atoms with E-state index in [0.29, 0.717) is 6.04 Å². The molecule has 1 aliphatic rings. The Kier molecular flexibility index (Phi) is 4.25. The minimum atomic E-state index is 0.0889. The molecule has 1 aliphatic heterocycles. The van der Waals surface area contributed by atoms with E-state index in [1.165, 1.54) is 19.3 Å². The molecule has 3 rings (SSSR count). The summed E-state index contributed by atoms with van der Waals surface area (Å²) < 4.78 is 7.03. The average Bonchev–Trinajstić information content (AvgIpc) is 2.55. The maximum absolute atomic E-state index is 12.5. The molecule has 112 valence electrons. The first-order valence-corrected chi connectivity index (χ1v) is 7.68. The van der Waals surface area contributed by atoms with Crippen LogP contribution in [0.5, 0.6) is 5.75 Å². The van der Waals surface area contributed by atoms with Crippen molar-refractivity contribution in [3.05, 3.63) is 40.8 Å². The number of hydrogen-bond acceptors (Lipinski definition) is 3. The van der Waals surface area contributed by atoms with Gasteiger partial charge in [0, 0.05) is 24.2 Å². The second kappa shape index (κ2) is 6.31. The van der Waals surface area contributed by atoms with Gasteiger partial charge in [-0.25, -0.2) is 0 Å². The lowest BCUT2D eigenvalue weighted by Gasteiger charge is -2.23. The third-order valence-corrected chi connectivity index (χ3v) is 4.31. The number of aryl methyl sites for hydroxylation is 1. The maximum atomic E-state index is 12.5. The van der Waals surface area contributed by atoms with Crippen LogP contribution in [0.1, 0.15) is 25.7 Å². The van der Waals surface area contributed by atoms with Gasteiger partial charge in [0.15, 0.2) is 0 Å². The van der Waals surface area contributed by atoms with Crippen LogP contribution in [-0.2, 0) is 6.54 Å². The quantitative estimate of drug-likeness (QED) is 0.939. The van der Waals surface area contributed by atoms with Gasteiger partial charge in [0.1, 0.15) is 5.75 Å². The molecule has 1 saturated heterocycles. The van der Waals surface area contributed by atoms with E-state index in [2.05, 4.69) is 5.32 Å². The number of pyridine rings is 1. The molecular formula is C17H22N2O2. The van der Waals surface area contributed by atoms with Crippen LogP contribution < -0.4 is 15.6 Å². The molecule has 0 bridgehead atoms. The van der Waals surface area contributed by atoms with Crippen molar-refractivity contribution in [3.63, 3.8) is 0 Å². The summed E-state index contributed by atoms with van der Waals surface area (Å²) in [5.74, 6) is 0.783. The summed E-state index contributed by atoms with van der Waals surface area (Å²) in [5, 5.41) is 5.22. The minimum absolute atomic E-state index is 0.0889. The Bertz CT molecular complexity index is 672. The highest BCUT2D eigenvalue weighted by Crippen LogP contribution is 2.18. The number of nitrogens with one attached hydrogen (secondary N) is 1. The van der Waals surface area contributed by atoms with Crippen LogP contribution in [-0.4, -0.2) is 24.3 Å². The van der Waals surface area contributed by atoms with Crippen molar-refractivity contribution in [2.75, 3.05) is 13.7 Å². The molecule has 4 heteroatoms. The lowest BCUT2D eigenvalue weighted by atomic mass is 10.0. The van der Waals surface area contributed by atoms with Gasteiger partial charge in [-0.1, -0.05) is 6.42 Å². The molecule has 1 N–H and O–H groups in total. The fourth-order valence-electron chi connectivity index (χ4n) is 3.03. The monoisotopic (exact) mass is 286 g/mol. The summed E-state index contributed by atoms with van der Waals surface area (Å²) in [4.78, 5) is 12.5. The molecule has 1 aromatic heterocycles. The van der Waals surface area contributed by atoms with Crippen LogP contribution in [0.4, 0.5) is 0 Å². The number of rotatable bonds is 4. The van der Waals surface area contributed by atoms with Crippen molar-refractivity contribution in [2.24, 2.45) is 0 Å². The summed E-state index contributed by atoms with van der Waals surface area (Å²) in [6.07, 6.45) is 6.70. The van der Waals surface area contributed by atoms with Crippen molar-refractivity contribution in [3.8, 4) is 5.75 Å². The largest absolute Gasteiger partial charge is 0.497 e. The molecule has 2 heterocycles. The molecule has 0 saturated carbocycles. The molecular weight excluding hydrogens is 264 g/mol. The zero-order valence-electron chi connectivity index (χ0n) is 12.5. The summed E-state index contributed by atoms with van der Waals surface area (Å²) >= 11 is 0. The van der Waals surface area contributed by atoms with E-state index in [9.17, 15) is 4.79 Å². The third kappa shape index (κ3) is 3.10. The van der Waals surface area contributed by atoms with Crippen LogP contribution in [0.2, 0.25) is 0 Å². The van der Waals surface area contributed by atoms with Gasteiger partial charge < -0.3 is 14.6 Å². The van der Waals surface area contributed by atoms with Crippen LogP contribution in [0, 0.1) is 0 Å². The Hall–Kier alpha value is -1.81. The Morgan fingerprint density at radius 3 is 3.00 bits per heavy atom. The average molecular weight is 286 g/mol. The lowest BCUT2D eigenvalue weighted by Crippen LogP contribution is -2.35. The molecule has 0 amide bonds. The van der Waals surface area contributed by atoms with Crippen LogP contribution in [0.25, 0.3) is 10.8 Å². The van der Waals surface area contributed by atoms with Crippen LogP contribution >= 0.6 is 0 Å². The molecule has 1 unspecified atom stereocenters. The van der Waals surface area contributed by atoms with Gasteiger partial charge >= 0.3 is 0 Å². The van der Waals surface area contributed by atoms with Crippen molar-refractivity contribution in [1.82, 2.24) is 9.88 Å². The van der Waals surface area contributed by atoms with E-state index >= 15 is 0 Å². The van der Waals surface area contributed by atoms with Gasteiger partial charge in [0.05, 0.1) is 7.11 Å². The van der Waals surface area contributed by atoms with E-state index in [1.54, 1.807) is 7.11 Å². The Labute approximate surface area is 124 Å². The van der Waals surface area contributed by atoms with Crippen molar-refractivity contribution in [1.29, 1.82) is 0 Å². The second-order valence-corrected chi connectivity index (χ2v) is 5.70. The number of hydrogen-bond donors (Lipinski definition) is 1. The fourth-order valence-corrected chi connectivity index (χ4v) is 3.03. The van der Waals surface area contributed by atoms with E-state index in [4.69, 9.17) is 4.74 Å². The number of piperidine rings is 1. The number of aromatic nitrogens is 1. The highest BCUT2D eigenvalue weighted by atomic mass is 16.5. The highest BCUT2D eigenvalue weighted by molar-refractivity contribution is 5.82. The summed E-state index contributed by atoms with van der Waals surface area (Å²) in [6, 6.07) is 8.15. The predicted molar refractivity (Wildman–Crippen MR) is 85.0 cm³/mol. The summed E-state index contributed by atoms with van der Waals surface area (Å²) in [6.45, 7) is 1.88. The molecule has 4 nitrogen and oxygen atoms in total. The number of benzene rings is 1. The van der Waals surface area contributed by atoms with Gasteiger partial charge in [-0.15, -0.1) is 0 Å². The molecule has 1 aromatic carbocycles. The Morgan fingerprint density at radius 1 is 1.33 bits per heavy atom. The SMILES string of the molecule is COc1ccc2c(=O)n(CCC3CCCCN3)ccc2c1. The normalized spacial score (nSPS) is 18.8. The van der Waals surface area contributed by atoms with E-state index in [0.717, 1.165) is 36.0 Å². The number of methoxy groups -OCH3 is 1. The van der Waals surface area contributed by atoms with Crippen LogP contribution in [0.3, 0.4) is 0 Å². The van der Waals surface area contributed by atoms with Crippen LogP contribution in [0.15, 0.2) is 35.3 Å². The molecule has 1 fully saturated rings. The number of nitrogens with zero attached hydrogens (tertiary/aromatic N) is 1. The molecule has 21 heavy (non-hydrogen) atoms. The summed E-state index contributed by atoms with van der Waals surface area (Å²) in [5.41, 5.74) is 0.0889. The number of fused-ring (bicyclic) bond motifs is 1. The van der Waals surface area contributed by atoms with Gasteiger partial charge in [0.25, 0.3) is 5.56 Å². The molecule has 0 aliphatic carbocycles. The van der Waals surface area contributed by atoms with Gasteiger partial charge in [-0.05, 0) is 55.5 Å². The van der Waals surface area contributed by atoms with Crippen molar-refractivity contribution < 1.29 is 4.74 Å². The first-order valence-electron chi connectivity index (χ1n) is 7.68. The van der Waals surface area contributed by atoms with Gasteiger partial charge in [-0.2, -0.15) is 0 Å². The maximum Gasteiger partial charge on any atom is 0.258 e. The lowest BCUT2D eigenvalue weighted by molar-refractivity contribution is 0.365. The molecule has 1 atom stereocenters. The van der Waals surface area contributed by atoms with E-state index in [1.807, 2.05) is 35.0 Å². The minimum Gasteiger partial charge on any atom is -0.497 e. The summed E-state index contributed by atoms with van der Waals surface area (Å²) in [7, 11) is 1.64. The highest BCUT2D eigenvalue weighted by Gasteiger charge is 2.12. The topological polar surface area (TPSA) is 43.3 Å². The first kappa shape index (κ1) is 14.1.